The monoisotopic (exact) mass is 318 g/mol. The molecule has 130 valence electrons. The minimum Gasteiger partial charge on any atom is -0.390 e. The molecule has 4 aliphatic carbocycles. The van der Waals surface area contributed by atoms with E-state index < -0.39 is 5.60 Å². The number of Topliss-reactive ketones (excluding diaryl/α,β-unsaturated/α-hetero) is 1. The largest absolute Gasteiger partial charge is 0.390 e. The quantitative estimate of drug-likeness (QED) is 0.709. The molecule has 0 aromatic rings. The highest BCUT2D eigenvalue weighted by Gasteiger charge is 2.64. The first-order valence-electron chi connectivity index (χ1n) is 9.93. The number of carbonyl (C=O) groups excluding carboxylic acids is 1. The van der Waals surface area contributed by atoms with Crippen molar-refractivity contribution in [3.63, 3.8) is 0 Å². The lowest BCUT2D eigenvalue weighted by Crippen LogP contribution is -2.58. The lowest BCUT2D eigenvalue weighted by Gasteiger charge is -2.62. The van der Waals surface area contributed by atoms with Crippen LogP contribution in [0.4, 0.5) is 0 Å². The van der Waals surface area contributed by atoms with Gasteiger partial charge in [-0.15, -0.1) is 0 Å². The highest BCUT2D eigenvalue weighted by Crippen LogP contribution is 2.69. The smallest absolute Gasteiger partial charge is 0.133 e. The molecule has 23 heavy (non-hydrogen) atoms. The molecule has 0 aliphatic heterocycles. The summed E-state index contributed by atoms with van der Waals surface area (Å²) < 4.78 is 0. The molecular formula is C21H34O2. The van der Waals surface area contributed by atoms with Gasteiger partial charge in [0.1, 0.15) is 5.78 Å². The maximum atomic E-state index is 12.0. The van der Waals surface area contributed by atoms with Crippen LogP contribution in [-0.4, -0.2) is 16.5 Å². The van der Waals surface area contributed by atoms with Crippen LogP contribution in [0.3, 0.4) is 0 Å². The van der Waals surface area contributed by atoms with Gasteiger partial charge in [-0.1, -0.05) is 20.8 Å². The maximum Gasteiger partial charge on any atom is 0.133 e. The Balaban J connectivity index is 1.70. The van der Waals surface area contributed by atoms with Crippen molar-refractivity contribution in [3.05, 3.63) is 0 Å². The summed E-state index contributed by atoms with van der Waals surface area (Å²) in [4.78, 5) is 12.0. The fourth-order valence-corrected chi connectivity index (χ4v) is 7.67. The first kappa shape index (κ1) is 16.1. The second-order valence-corrected chi connectivity index (χ2v) is 10.2. The van der Waals surface area contributed by atoms with Gasteiger partial charge in [0, 0.05) is 12.8 Å². The molecule has 0 aromatic heterocycles. The lowest BCUT2D eigenvalue weighted by atomic mass is 9.42. The SMILES string of the molecule is C[C@@H]1C[C@@H]2CC(=O)CC[C@]2(C)[C@H]2CC[C@@]3(C)[C@@H](CC[C@@]3(C)O)[C@H]12. The molecule has 0 spiro atoms. The van der Waals surface area contributed by atoms with Gasteiger partial charge in [-0.3, -0.25) is 4.79 Å². The third kappa shape index (κ3) is 2.00. The minimum atomic E-state index is -0.483. The van der Waals surface area contributed by atoms with Gasteiger partial charge in [-0.05, 0) is 85.9 Å². The molecule has 2 nitrogen and oxygen atoms in total. The van der Waals surface area contributed by atoms with Crippen molar-refractivity contribution < 1.29 is 9.90 Å². The molecule has 4 rings (SSSR count). The van der Waals surface area contributed by atoms with Crippen LogP contribution in [0.5, 0.6) is 0 Å². The van der Waals surface area contributed by atoms with Gasteiger partial charge in [0.25, 0.3) is 0 Å². The van der Waals surface area contributed by atoms with Crippen molar-refractivity contribution in [2.24, 2.45) is 40.4 Å². The molecule has 8 atom stereocenters. The van der Waals surface area contributed by atoms with E-state index in [1.807, 2.05) is 0 Å². The average molecular weight is 319 g/mol. The number of aliphatic hydroxyl groups is 1. The number of fused-ring (bicyclic) bond motifs is 5. The minimum absolute atomic E-state index is 0.107. The molecular weight excluding hydrogens is 284 g/mol. The van der Waals surface area contributed by atoms with E-state index in [0.29, 0.717) is 29.0 Å². The van der Waals surface area contributed by atoms with Crippen molar-refractivity contribution in [1.82, 2.24) is 0 Å². The van der Waals surface area contributed by atoms with Gasteiger partial charge in [0.05, 0.1) is 5.60 Å². The van der Waals surface area contributed by atoms with E-state index in [0.717, 1.165) is 37.5 Å². The number of ketones is 1. The molecule has 0 amide bonds. The van der Waals surface area contributed by atoms with E-state index in [2.05, 4.69) is 27.7 Å². The Morgan fingerprint density at radius 2 is 1.74 bits per heavy atom. The predicted octanol–water partition coefficient (Wildman–Crippen LogP) is 4.60. The zero-order valence-corrected chi connectivity index (χ0v) is 15.4. The van der Waals surface area contributed by atoms with E-state index >= 15 is 0 Å². The molecule has 0 saturated heterocycles. The van der Waals surface area contributed by atoms with Gasteiger partial charge in [0.2, 0.25) is 0 Å². The highest BCUT2D eigenvalue weighted by atomic mass is 16.3. The van der Waals surface area contributed by atoms with E-state index in [1.54, 1.807) is 0 Å². The van der Waals surface area contributed by atoms with Crippen molar-refractivity contribution in [1.29, 1.82) is 0 Å². The standard InChI is InChI=1S/C21H34O2/c1-13-11-14-12-15(22)5-8-19(14,2)16-6-9-20(3)17(18(13)16)7-10-21(20,4)23/h13-14,16-18,23H,5-12H2,1-4H3/t13-,14-,16+,17+,18-,19+,20+,21-/m1/s1. The first-order valence-corrected chi connectivity index (χ1v) is 9.93. The summed E-state index contributed by atoms with van der Waals surface area (Å²) in [5, 5.41) is 11.0. The van der Waals surface area contributed by atoms with Crippen LogP contribution in [0.2, 0.25) is 0 Å². The van der Waals surface area contributed by atoms with Gasteiger partial charge in [-0.2, -0.15) is 0 Å². The zero-order chi connectivity index (χ0) is 16.6. The molecule has 0 unspecified atom stereocenters. The predicted molar refractivity (Wildman–Crippen MR) is 91.9 cm³/mol. The van der Waals surface area contributed by atoms with Crippen LogP contribution >= 0.6 is 0 Å². The zero-order valence-electron chi connectivity index (χ0n) is 15.4. The van der Waals surface area contributed by atoms with Gasteiger partial charge in [0.15, 0.2) is 0 Å². The van der Waals surface area contributed by atoms with Crippen LogP contribution in [0.15, 0.2) is 0 Å². The highest BCUT2D eigenvalue weighted by molar-refractivity contribution is 5.79. The molecule has 4 fully saturated rings. The number of hydrogen-bond donors (Lipinski definition) is 1. The second kappa shape index (κ2) is 4.84. The molecule has 4 aliphatic rings. The number of rotatable bonds is 0. The van der Waals surface area contributed by atoms with Crippen molar-refractivity contribution in [3.8, 4) is 0 Å². The summed E-state index contributed by atoms with van der Waals surface area (Å²) in [6.07, 6.45) is 8.61. The van der Waals surface area contributed by atoms with Crippen molar-refractivity contribution in [2.45, 2.75) is 84.7 Å². The Morgan fingerprint density at radius 1 is 1.04 bits per heavy atom. The summed E-state index contributed by atoms with van der Waals surface area (Å²) >= 11 is 0. The van der Waals surface area contributed by atoms with Gasteiger partial charge in [-0.25, -0.2) is 0 Å². The van der Waals surface area contributed by atoms with Crippen LogP contribution in [0, 0.1) is 40.4 Å². The maximum absolute atomic E-state index is 12.0. The summed E-state index contributed by atoms with van der Waals surface area (Å²) in [5.74, 6) is 4.05. The molecule has 4 saturated carbocycles. The molecule has 2 heteroatoms. The van der Waals surface area contributed by atoms with Crippen molar-refractivity contribution in [2.75, 3.05) is 0 Å². The van der Waals surface area contributed by atoms with E-state index in [4.69, 9.17) is 0 Å². The lowest BCUT2D eigenvalue weighted by molar-refractivity contribution is -0.165. The Labute approximate surface area is 141 Å². The second-order valence-electron chi connectivity index (χ2n) is 10.2. The molecule has 0 radical (unpaired) electrons. The Bertz CT molecular complexity index is 524. The van der Waals surface area contributed by atoms with E-state index in [9.17, 15) is 9.90 Å². The Hall–Kier alpha value is -0.370. The van der Waals surface area contributed by atoms with Crippen LogP contribution in [-0.2, 0) is 4.79 Å². The Morgan fingerprint density at radius 3 is 2.48 bits per heavy atom. The van der Waals surface area contributed by atoms with E-state index in [1.165, 1.54) is 25.7 Å². The normalized spacial score (nSPS) is 59.2. The first-order chi connectivity index (χ1) is 10.7. The third-order valence-corrected chi connectivity index (χ3v) is 9.40. The third-order valence-electron chi connectivity index (χ3n) is 9.40. The van der Waals surface area contributed by atoms with Crippen LogP contribution < -0.4 is 0 Å². The topological polar surface area (TPSA) is 37.3 Å². The Kier molecular flexibility index (Phi) is 3.39. The van der Waals surface area contributed by atoms with E-state index in [-0.39, 0.29) is 5.41 Å². The summed E-state index contributed by atoms with van der Waals surface area (Å²) in [7, 11) is 0. The summed E-state index contributed by atoms with van der Waals surface area (Å²) in [6, 6.07) is 0. The molecule has 0 heterocycles. The summed E-state index contributed by atoms with van der Waals surface area (Å²) in [6.45, 7) is 9.40. The summed E-state index contributed by atoms with van der Waals surface area (Å²) in [5.41, 5.74) is -0.000383. The van der Waals surface area contributed by atoms with Gasteiger partial charge < -0.3 is 5.11 Å². The van der Waals surface area contributed by atoms with Crippen LogP contribution in [0.1, 0.15) is 79.1 Å². The van der Waals surface area contributed by atoms with Gasteiger partial charge >= 0.3 is 0 Å². The van der Waals surface area contributed by atoms with Crippen molar-refractivity contribution >= 4 is 5.78 Å². The molecule has 0 aromatic carbocycles. The fourth-order valence-electron chi connectivity index (χ4n) is 7.67. The van der Waals surface area contributed by atoms with Crippen LogP contribution in [0.25, 0.3) is 0 Å². The average Bonchev–Trinajstić information content (AvgIpc) is 2.72. The number of carbonyl (C=O) groups is 1. The number of hydrogen-bond acceptors (Lipinski definition) is 2. The molecule has 0 bridgehead atoms. The fraction of sp³-hybridized carbons (Fsp3) is 0.952. The molecule has 1 N–H and O–H groups in total.